The summed E-state index contributed by atoms with van der Waals surface area (Å²) in [5, 5.41) is 0.777. The maximum absolute atomic E-state index is 6.42. The fourth-order valence-corrected chi connectivity index (χ4v) is 2.58. The zero-order valence-electron chi connectivity index (χ0n) is 10.3. The van der Waals surface area contributed by atoms with Crippen molar-refractivity contribution >= 4 is 11.6 Å². The van der Waals surface area contributed by atoms with E-state index in [1.807, 2.05) is 12.1 Å². The molecular weight excluding hydrogens is 218 g/mol. The Morgan fingerprint density at radius 1 is 1.19 bits per heavy atom. The molecule has 1 aromatic rings. The Kier molecular flexibility index (Phi) is 2.80. The van der Waals surface area contributed by atoms with E-state index >= 15 is 0 Å². The Hall–Kier alpha value is -0.530. The van der Waals surface area contributed by atoms with Crippen molar-refractivity contribution in [3.05, 3.63) is 34.9 Å². The topological polar surface area (TPSA) is 26.0 Å². The highest BCUT2D eigenvalue weighted by molar-refractivity contribution is 6.30. The lowest BCUT2D eigenvalue weighted by Crippen LogP contribution is -2.52. The van der Waals surface area contributed by atoms with Crippen LogP contribution in [0.2, 0.25) is 5.02 Å². The molecule has 0 spiro atoms. The summed E-state index contributed by atoms with van der Waals surface area (Å²) in [5.74, 6) is 0.730. The van der Waals surface area contributed by atoms with E-state index in [4.69, 9.17) is 17.3 Å². The van der Waals surface area contributed by atoms with Crippen molar-refractivity contribution in [1.82, 2.24) is 0 Å². The van der Waals surface area contributed by atoms with Gasteiger partial charge in [-0.2, -0.15) is 0 Å². The molecular formula is C14H20ClN. The minimum absolute atomic E-state index is 0.122. The van der Waals surface area contributed by atoms with Gasteiger partial charge in [0.15, 0.2) is 0 Å². The van der Waals surface area contributed by atoms with Gasteiger partial charge in [0.2, 0.25) is 0 Å². The summed E-state index contributed by atoms with van der Waals surface area (Å²) in [7, 11) is 0. The molecule has 1 fully saturated rings. The van der Waals surface area contributed by atoms with Gasteiger partial charge in [-0.1, -0.05) is 44.5 Å². The molecule has 2 heteroatoms. The first-order valence-corrected chi connectivity index (χ1v) is 6.24. The van der Waals surface area contributed by atoms with Gasteiger partial charge in [-0.05, 0) is 41.9 Å². The summed E-state index contributed by atoms with van der Waals surface area (Å²) in [4.78, 5) is 0. The molecule has 0 aromatic heterocycles. The van der Waals surface area contributed by atoms with E-state index in [-0.39, 0.29) is 5.54 Å². The summed E-state index contributed by atoms with van der Waals surface area (Å²) < 4.78 is 0. The maximum Gasteiger partial charge on any atom is 0.0415 e. The average Bonchev–Trinajstić information content (AvgIpc) is 2.12. The van der Waals surface area contributed by atoms with Crippen LogP contribution in [0.5, 0.6) is 0 Å². The third-order valence-corrected chi connectivity index (χ3v) is 4.12. The van der Waals surface area contributed by atoms with Gasteiger partial charge in [-0.15, -0.1) is 0 Å². The van der Waals surface area contributed by atoms with Gasteiger partial charge in [0.05, 0.1) is 0 Å². The van der Waals surface area contributed by atoms with Crippen molar-refractivity contribution in [3.8, 4) is 0 Å². The van der Waals surface area contributed by atoms with E-state index in [0.29, 0.717) is 5.41 Å². The summed E-state index contributed by atoms with van der Waals surface area (Å²) >= 11 is 5.88. The molecule has 1 nitrogen and oxygen atoms in total. The van der Waals surface area contributed by atoms with Crippen LogP contribution in [0.15, 0.2) is 24.3 Å². The fraction of sp³-hybridized carbons (Fsp3) is 0.571. The summed E-state index contributed by atoms with van der Waals surface area (Å²) in [6.45, 7) is 6.87. The third-order valence-electron chi connectivity index (χ3n) is 3.87. The number of rotatable bonds is 1. The Morgan fingerprint density at radius 2 is 1.69 bits per heavy atom. The second-order valence-corrected chi connectivity index (χ2v) is 6.57. The zero-order chi connectivity index (χ0) is 12.0. The molecule has 2 rings (SSSR count). The molecule has 2 N–H and O–H groups in total. The zero-order valence-corrected chi connectivity index (χ0v) is 11.0. The summed E-state index contributed by atoms with van der Waals surface area (Å²) in [5.41, 5.74) is 7.89. The van der Waals surface area contributed by atoms with E-state index in [1.165, 1.54) is 5.56 Å². The van der Waals surface area contributed by atoms with Gasteiger partial charge >= 0.3 is 0 Å². The Labute approximate surface area is 103 Å². The molecule has 16 heavy (non-hydrogen) atoms. The van der Waals surface area contributed by atoms with Gasteiger partial charge in [0, 0.05) is 10.6 Å². The van der Waals surface area contributed by atoms with Crippen LogP contribution in [0.3, 0.4) is 0 Å². The molecule has 0 heterocycles. The van der Waals surface area contributed by atoms with Crippen LogP contribution in [0.4, 0.5) is 0 Å². The van der Waals surface area contributed by atoms with Crippen molar-refractivity contribution in [2.24, 2.45) is 17.1 Å². The van der Waals surface area contributed by atoms with Crippen molar-refractivity contribution in [2.75, 3.05) is 0 Å². The second-order valence-electron chi connectivity index (χ2n) is 6.13. The number of hydrogen-bond acceptors (Lipinski definition) is 1. The van der Waals surface area contributed by atoms with Crippen LogP contribution < -0.4 is 5.73 Å². The van der Waals surface area contributed by atoms with Gasteiger partial charge in [0.25, 0.3) is 0 Å². The Bertz CT molecular complexity index is 369. The lowest BCUT2D eigenvalue weighted by Gasteiger charge is -2.51. The quantitative estimate of drug-likeness (QED) is 0.787. The Morgan fingerprint density at radius 3 is 2.12 bits per heavy atom. The van der Waals surface area contributed by atoms with E-state index in [0.717, 1.165) is 23.8 Å². The van der Waals surface area contributed by atoms with Crippen LogP contribution in [0, 0.1) is 11.3 Å². The molecule has 0 radical (unpaired) electrons. The highest BCUT2D eigenvalue weighted by atomic mass is 35.5. The SMILES string of the molecule is CC(C)(C)C1CC(N)(c2ccc(Cl)cc2)C1. The normalized spacial score (nSPS) is 29.9. The molecule has 0 aliphatic heterocycles. The van der Waals surface area contributed by atoms with Crippen molar-refractivity contribution in [1.29, 1.82) is 0 Å². The van der Waals surface area contributed by atoms with Crippen LogP contribution >= 0.6 is 11.6 Å². The first kappa shape index (κ1) is 11.9. The maximum atomic E-state index is 6.42. The van der Waals surface area contributed by atoms with Crippen LogP contribution in [-0.2, 0) is 5.54 Å². The lowest BCUT2D eigenvalue weighted by molar-refractivity contribution is 0.0490. The number of hydrogen-bond donors (Lipinski definition) is 1. The van der Waals surface area contributed by atoms with Gasteiger partial charge in [-0.25, -0.2) is 0 Å². The van der Waals surface area contributed by atoms with Crippen molar-refractivity contribution in [2.45, 2.75) is 39.2 Å². The molecule has 1 saturated carbocycles. The van der Waals surface area contributed by atoms with Gasteiger partial charge in [-0.3, -0.25) is 0 Å². The highest BCUT2D eigenvalue weighted by Gasteiger charge is 2.46. The smallest absolute Gasteiger partial charge is 0.0415 e. The molecule has 0 saturated heterocycles. The molecule has 1 aromatic carbocycles. The predicted molar refractivity (Wildman–Crippen MR) is 69.5 cm³/mol. The molecule has 0 unspecified atom stereocenters. The van der Waals surface area contributed by atoms with Crippen LogP contribution in [0.25, 0.3) is 0 Å². The van der Waals surface area contributed by atoms with Crippen molar-refractivity contribution < 1.29 is 0 Å². The van der Waals surface area contributed by atoms with Crippen LogP contribution in [0.1, 0.15) is 39.2 Å². The standard InChI is InChI=1S/C14H20ClN/c1-13(2,3)11-8-14(16,9-11)10-4-6-12(15)7-5-10/h4-7,11H,8-9,16H2,1-3H3. The van der Waals surface area contributed by atoms with Crippen LogP contribution in [-0.4, -0.2) is 0 Å². The molecule has 1 aliphatic rings. The first-order valence-electron chi connectivity index (χ1n) is 5.86. The minimum atomic E-state index is -0.122. The lowest BCUT2D eigenvalue weighted by atomic mass is 9.57. The van der Waals surface area contributed by atoms with Gasteiger partial charge < -0.3 is 5.73 Å². The van der Waals surface area contributed by atoms with Gasteiger partial charge in [0.1, 0.15) is 0 Å². The molecule has 0 atom stereocenters. The first-order chi connectivity index (χ1) is 7.31. The van der Waals surface area contributed by atoms with E-state index < -0.39 is 0 Å². The summed E-state index contributed by atoms with van der Waals surface area (Å²) in [6.07, 6.45) is 2.16. The summed E-state index contributed by atoms with van der Waals surface area (Å²) in [6, 6.07) is 7.97. The highest BCUT2D eigenvalue weighted by Crippen LogP contribution is 2.51. The third kappa shape index (κ3) is 2.11. The number of benzene rings is 1. The number of halogens is 1. The monoisotopic (exact) mass is 237 g/mol. The van der Waals surface area contributed by atoms with E-state index in [2.05, 4.69) is 32.9 Å². The average molecular weight is 238 g/mol. The predicted octanol–water partition coefficient (Wildman–Crippen LogP) is 3.95. The molecule has 1 aliphatic carbocycles. The number of nitrogens with two attached hydrogens (primary N) is 1. The Balaban J connectivity index is 2.10. The fourth-order valence-electron chi connectivity index (χ4n) is 2.45. The molecule has 0 bridgehead atoms. The minimum Gasteiger partial charge on any atom is -0.321 e. The second kappa shape index (κ2) is 3.75. The van der Waals surface area contributed by atoms with E-state index in [9.17, 15) is 0 Å². The van der Waals surface area contributed by atoms with E-state index in [1.54, 1.807) is 0 Å². The molecule has 0 amide bonds. The largest absolute Gasteiger partial charge is 0.321 e. The molecule has 88 valence electrons. The van der Waals surface area contributed by atoms with Crippen molar-refractivity contribution in [3.63, 3.8) is 0 Å².